The van der Waals surface area contributed by atoms with E-state index in [1.807, 2.05) is 30.3 Å². The SMILES string of the molecule is O=C(NC1CCCCC1)[C@H](Cc1ccccc1)NS(=O)(=O)c1ccc(Cl)cc1. The van der Waals surface area contributed by atoms with Crippen molar-refractivity contribution in [3.63, 3.8) is 0 Å². The minimum Gasteiger partial charge on any atom is -0.352 e. The van der Waals surface area contributed by atoms with Crippen LogP contribution >= 0.6 is 11.6 Å². The predicted octanol–water partition coefficient (Wildman–Crippen LogP) is 3.68. The number of benzene rings is 2. The van der Waals surface area contributed by atoms with Crippen molar-refractivity contribution < 1.29 is 13.2 Å². The van der Waals surface area contributed by atoms with Gasteiger partial charge in [0.25, 0.3) is 0 Å². The summed E-state index contributed by atoms with van der Waals surface area (Å²) in [5.41, 5.74) is 0.894. The molecule has 28 heavy (non-hydrogen) atoms. The number of nitrogens with one attached hydrogen (secondary N) is 2. The van der Waals surface area contributed by atoms with Crippen LogP contribution in [-0.2, 0) is 21.2 Å². The maximum Gasteiger partial charge on any atom is 0.241 e. The Morgan fingerprint density at radius 3 is 2.29 bits per heavy atom. The molecule has 0 saturated heterocycles. The monoisotopic (exact) mass is 420 g/mol. The number of hydrogen-bond acceptors (Lipinski definition) is 3. The van der Waals surface area contributed by atoms with E-state index >= 15 is 0 Å². The topological polar surface area (TPSA) is 75.3 Å². The quantitative estimate of drug-likeness (QED) is 0.717. The normalized spacial score (nSPS) is 16.5. The maximum absolute atomic E-state index is 12.9. The van der Waals surface area contributed by atoms with E-state index < -0.39 is 16.1 Å². The Morgan fingerprint density at radius 1 is 1.00 bits per heavy atom. The molecule has 1 atom stereocenters. The van der Waals surface area contributed by atoms with Gasteiger partial charge in [0.2, 0.25) is 15.9 Å². The van der Waals surface area contributed by atoms with Crippen molar-refractivity contribution in [3.05, 3.63) is 65.2 Å². The largest absolute Gasteiger partial charge is 0.352 e. The molecule has 1 amide bonds. The smallest absolute Gasteiger partial charge is 0.241 e. The molecule has 2 N–H and O–H groups in total. The lowest BCUT2D eigenvalue weighted by Gasteiger charge is -2.26. The van der Waals surface area contributed by atoms with Crippen LogP contribution in [0.25, 0.3) is 0 Å². The number of rotatable bonds is 7. The van der Waals surface area contributed by atoms with Gasteiger partial charge in [-0.1, -0.05) is 61.2 Å². The van der Waals surface area contributed by atoms with Gasteiger partial charge in [-0.25, -0.2) is 8.42 Å². The zero-order valence-electron chi connectivity index (χ0n) is 15.6. The molecule has 0 bridgehead atoms. The Labute approximate surface area is 171 Å². The molecule has 3 rings (SSSR count). The van der Waals surface area contributed by atoms with E-state index in [1.54, 1.807) is 0 Å². The molecule has 2 aromatic rings. The van der Waals surface area contributed by atoms with Crippen LogP contribution in [0.2, 0.25) is 5.02 Å². The second-order valence-corrected chi connectivity index (χ2v) is 9.31. The molecular weight excluding hydrogens is 396 g/mol. The van der Waals surface area contributed by atoms with Crippen LogP contribution in [0.4, 0.5) is 0 Å². The highest BCUT2D eigenvalue weighted by Crippen LogP contribution is 2.19. The molecule has 0 spiro atoms. The minimum atomic E-state index is -3.85. The zero-order valence-corrected chi connectivity index (χ0v) is 17.2. The molecule has 1 aliphatic rings. The first-order chi connectivity index (χ1) is 13.4. The third-order valence-electron chi connectivity index (χ3n) is 4.97. The Kier molecular flexibility index (Phi) is 7.10. The van der Waals surface area contributed by atoms with Crippen molar-refractivity contribution in [1.82, 2.24) is 10.0 Å². The molecular formula is C21H25ClN2O3S. The fraction of sp³-hybridized carbons (Fsp3) is 0.381. The van der Waals surface area contributed by atoms with E-state index in [0.29, 0.717) is 5.02 Å². The number of sulfonamides is 1. The van der Waals surface area contributed by atoms with Gasteiger partial charge in [-0.2, -0.15) is 4.72 Å². The van der Waals surface area contributed by atoms with Gasteiger partial charge < -0.3 is 5.32 Å². The van der Waals surface area contributed by atoms with Crippen LogP contribution in [0.15, 0.2) is 59.5 Å². The summed E-state index contributed by atoms with van der Waals surface area (Å²) >= 11 is 5.85. The summed E-state index contributed by atoms with van der Waals surface area (Å²) in [4.78, 5) is 13.0. The summed E-state index contributed by atoms with van der Waals surface area (Å²) in [6.07, 6.45) is 5.52. The highest BCUT2D eigenvalue weighted by atomic mass is 35.5. The van der Waals surface area contributed by atoms with Crippen molar-refractivity contribution >= 4 is 27.5 Å². The van der Waals surface area contributed by atoms with E-state index in [2.05, 4.69) is 10.0 Å². The summed E-state index contributed by atoms with van der Waals surface area (Å²) in [6.45, 7) is 0. The van der Waals surface area contributed by atoms with Gasteiger partial charge in [0.15, 0.2) is 0 Å². The first-order valence-electron chi connectivity index (χ1n) is 9.56. The molecule has 150 valence electrons. The highest BCUT2D eigenvalue weighted by Gasteiger charge is 2.28. The number of hydrogen-bond donors (Lipinski definition) is 2. The average Bonchev–Trinajstić information content (AvgIpc) is 2.69. The lowest BCUT2D eigenvalue weighted by molar-refractivity contribution is -0.123. The van der Waals surface area contributed by atoms with Crippen molar-refractivity contribution in [2.75, 3.05) is 0 Å². The fourth-order valence-electron chi connectivity index (χ4n) is 3.46. The lowest BCUT2D eigenvalue weighted by atomic mass is 9.95. The van der Waals surface area contributed by atoms with Crippen molar-refractivity contribution in [2.45, 2.75) is 55.5 Å². The molecule has 0 unspecified atom stereocenters. The molecule has 0 radical (unpaired) electrons. The number of halogens is 1. The molecule has 1 saturated carbocycles. The Morgan fingerprint density at radius 2 is 1.64 bits per heavy atom. The second-order valence-electron chi connectivity index (χ2n) is 7.16. The lowest BCUT2D eigenvalue weighted by Crippen LogP contribution is -2.50. The zero-order chi connectivity index (χ0) is 20.0. The molecule has 2 aromatic carbocycles. The average molecular weight is 421 g/mol. The van der Waals surface area contributed by atoms with E-state index in [0.717, 1.165) is 31.2 Å². The molecule has 0 heterocycles. The first-order valence-corrected chi connectivity index (χ1v) is 11.4. The van der Waals surface area contributed by atoms with Crippen LogP contribution in [0.3, 0.4) is 0 Å². The van der Waals surface area contributed by atoms with Gasteiger partial charge in [-0.15, -0.1) is 0 Å². The molecule has 1 fully saturated rings. The number of carbonyl (C=O) groups excluding carboxylic acids is 1. The number of carbonyl (C=O) groups is 1. The van der Waals surface area contributed by atoms with E-state index in [9.17, 15) is 13.2 Å². The third-order valence-corrected chi connectivity index (χ3v) is 6.71. The molecule has 0 aliphatic heterocycles. The summed E-state index contributed by atoms with van der Waals surface area (Å²) in [6, 6.07) is 14.5. The molecule has 1 aliphatic carbocycles. The van der Waals surface area contributed by atoms with E-state index in [1.165, 1.54) is 30.7 Å². The molecule has 0 aromatic heterocycles. The Balaban J connectivity index is 1.78. The Bertz CT molecular complexity index is 880. The first kappa shape index (κ1) is 20.8. The third kappa shape index (κ3) is 5.80. The maximum atomic E-state index is 12.9. The van der Waals surface area contributed by atoms with Crippen molar-refractivity contribution in [3.8, 4) is 0 Å². The predicted molar refractivity (Wildman–Crippen MR) is 111 cm³/mol. The van der Waals surface area contributed by atoms with Gasteiger partial charge in [0.1, 0.15) is 6.04 Å². The standard InChI is InChI=1S/C21H25ClN2O3S/c22-17-11-13-19(14-12-17)28(26,27)24-20(15-16-7-3-1-4-8-16)21(25)23-18-9-5-2-6-10-18/h1,3-4,7-8,11-14,18,20,24H,2,5-6,9-10,15H2,(H,23,25)/t20-/m0/s1. The van der Waals surface area contributed by atoms with Gasteiger partial charge in [0.05, 0.1) is 4.90 Å². The van der Waals surface area contributed by atoms with Crippen LogP contribution in [0.1, 0.15) is 37.7 Å². The van der Waals surface area contributed by atoms with Gasteiger partial charge in [-0.3, -0.25) is 4.79 Å². The molecule has 5 nitrogen and oxygen atoms in total. The summed E-state index contributed by atoms with van der Waals surface area (Å²) in [5, 5.41) is 3.49. The van der Waals surface area contributed by atoms with E-state index in [4.69, 9.17) is 11.6 Å². The fourth-order valence-corrected chi connectivity index (χ4v) is 4.78. The molecule has 7 heteroatoms. The summed E-state index contributed by atoms with van der Waals surface area (Å²) in [7, 11) is -3.85. The van der Waals surface area contributed by atoms with Gasteiger partial charge in [-0.05, 0) is 49.1 Å². The van der Waals surface area contributed by atoms with Gasteiger partial charge in [0, 0.05) is 11.1 Å². The highest BCUT2D eigenvalue weighted by molar-refractivity contribution is 7.89. The van der Waals surface area contributed by atoms with E-state index in [-0.39, 0.29) is 23.3 Å². The van der Waals surface area contributed by atoms with Crippen molar-refractivity contribution in [2.24, 2.45) is 0 Å². The second kappa shape index (κ2) is 9.54. The van der Waals surface area contributed by atoms with Crippen LogP contribution < -0.4 is 10.0 Å². The Hall–Kier alpha value is -1.89. The summed E-state index contributed by atoms with van der Waals surface area (Å²) < 4.78 is 28.2. The van der Waals surface area contributed by atoms with Crippen LogP contribution in [0, 0.1) is 0 Å². The number of amides is 1. The minimum absolute atomic E-state index is 0.0837. The van der Waals surface area contributed by atoms with Crippen molar-refractivity contribution in [1.29, 1.82) is 0 Å². The summed E-state index contributed by atoms with van der Waals surface area (Å²) in [5.74, 6) is -0.284. The van der Waals surface area contributed by atoms with Crippen LogP contribution in [0.5, 0.6) is 0 Å². The van der Waals surface area contributed by atoms with Gasteiger partial charge >= 0.3 is 0 Å². The van der Waals surface area contributed by atoms with Crippen LogP contribution in [-0.4, -0.2) is 26.4 Å².